The minimum Gasteiger partial charge on any atom is -0.493 e. The molecule has 0 aromatic heterocycles. The minimum absolute atomic E-state index is 0.0913. The van der Waals surface area contributed by atoms with Crippen LogP contribution in [0.4, 0.5) is 0 Å². The Kier molecular flexibility index (Phi) is 7.61. The van der Waals surface area contributed by atoms with Crippen molar-refractivity contribution in [3.63, 3.8) is 0 Å². The summed E-state index contributed by atoms with van der Waals surface area (Å²) in [6.45, 7) is 4.72. The summed E-state index contributed by atoms with van der Waals surface area (Å²) in [5, 5.41) is 0.344. The number of ether oxygens (including phenoxy) is 2. The van der Waals surface area contributed by atoms with Crippen LogP contribution in [0, 0.1) is 0 Å². The predicted molar refractivity (Wildman–Crippen MR) is 112 cm³/mol. The number of halogens is 1. The molecule has 3 rings (SSSR count). The molecule has 0 spiro atoms. The third-order valence-corrected chi connectivity index (χ3v) is 5.94. The largest absolute Gasteiger partial charge is 0.493 e. The van der Waals surface area contributed by atoms with Crippen LogP contribution in [0.2, 0.25) is 5.02 Å². The van der Waals surface area contributed by atoms with Crippen molar-refractivity contribution in [2.24, 2.45) is 0 Å². The van der Waals surface area contributed by atoms with E-state index in [2.05, 4.69) is 4.90 Å². The van der Waals surface area contributed by atoms with Gasteiger partial charge in [-0.2, -0.15) is 0 Å². The second-order valence-corrected chi connectivity index (χ2v) is 7.96. The van der Waals surface area contributed by atoms with Crippen LogP contribution in [0.3, 0.4) is 0 Å². The standard InChI is InChI=1S/C21H30ClN3O4/c1-28-18-14-16(13-17(22)20(18)29-2)21(27)25-11-9-23(10-12-25)15-19(26)24-7-5-3-4-6-8-24/h13-14H,3-12,15H2,1-2H3. The van der Waals surface area contributed by atoms with Gasteiger partial charge in [0.05, 0.1) is 25.8 Å². The van der Waals surface area contributed by atoms with E-state index in [1.807, 2.05) is 4.90 Å². The highest BCUT2D eigenvalue weighted by Gasteiger charge is 2.26. The first-order chi connectivity index (χ1) is 14.0. The summed E-state index contributed by atoms with van der Waals surface area (Å²) in [6, 6.07) is 3.27. The van der Waals surface area contributed by atoms with E-state index in [0.29, 0.717) is 54.8 Å². The molecule has 2 aliphatic rings. The fourth-order valence-electron chi connectivity index (χ4n) is 3.94. The van der Waals surface area contributed by atoms with Gasteiger partial charge in [0.25, 0.3) is 5.91 Å². The number of benzene rings is 1. The summed E-state index contributed by atoms with van der Waals surface area (Å²) in [7, 11) is 3.03. The Morgan fingerprint density at radius 1 is 0.897 bits per heavy atom. The minimum atomic E-state index is -0.0913. The molecule has 0 N–H and O–H groups in total. The Bertz CT molecular complexity index is 727. The molecule has 1 aromatic rings. The monoisotopic (exact) mass is 423 g/mol. The van der Waals surface area contributed by atoms with Gasteiger partial charge >= 0.3 is 0 Å². The van der Waals surface area contributed by atoms with Crippen molar-refractivity contribution in [1.29, 1.82) is 0 Å². The molecular weight excluding hydrogens is 394 g/mol. The average molecular weight is 424 g/mol. The van der Waals surface area contributed by atoms with Crippen LogP contribution in [0.1, 0.15) is 36.0 Å². The quantitative estimate of drug-likeness (QED) is 0.728. The van der Waals surface area contributed by atoms with Gasteiger partial charge in [-0.25, -0.2) is 0 Å². The Hall–Kier alpha value is -1.99. The third kappa shape index (κ3) is 5.34. The van der Waals surface area contributed by atoms with Crippen molar-refractivity contribution in [1.82, 2.24) is 14.7 Å². The predicted octanol–water partition coefficient (Wildman–Crippen LogP) is 2.52. The SMILES string of the molecule is COc1cc(C(=O)N2CCN(CC(=O)N3CCCCCC3)CC2)cc(Cl)c1OC. The smallest absolute Gasteiger partial charge is 0.254 e. The molecule has 0 unspecified atom stereocenters. The summed E-state index contributed by atoms with van der Waals surface area (Å²) in [4.78, 5) is 31.4. The zero-order chi connectivity index (χ0) is 20.8. The molecule has 0 saturated carbocycles. The fourth-order valence-corrected chi connectivity index (χ4v) is 4.23. The lowest BCUT2D eigenvalue weighted by molar-refractivity contribution is -0.132. The number of likely N-dealkylation sites (tertiary alicyclic amines) is 1. The summed E-state index contributed by atoms with van der Waals surface area (Å²) >= 11 is 6.24. The van der Waals surface area contributed by atoms with Gasteiger partial charge in [0.15, 0.2) is 11.5 Å². The molecule has 0 aliphatic carbocycles. The molecule has 2 amide bonds. The van der Waals surface area contributed by atoms with Crippen LogP contribution >= 0.6 is 11.6 Å². The summed E-state index contributed by atoms with van der Waals surface area (Å²) in [5.41, 5.74) is 0.474. The van der Waals surface area contributed by atoms with Crippen molar-refractivity contribution in [2.45, 2.75) is 25.7 Å². The molecule has 1 aromatic carbocycles. The van der Waals surface area contributed by atoms with Gasteiger partial charge in [-0.1, -0.05) is 24.4 Å². The highest BCUT2D eigenvalue weighted by atomic mass is 35.5. The van der Waals surface area contributed by atoms with Gasteiger partial charge in [0.1, 0.15) is 0 Å². The van der Waals surface area contributed by atoms with Crippen LogP contribution in [0.25, 0.3) is 0 Å². The second kappa shape index (κ2) is 10.2. The number of hydrogen-bond acceptors (Lipinski definition) is 5. The number of methoxy groups -OCH3 is 2. The lowest BCUT2D eigenvalue weighted by Crippen LogP contribution is -2.51. The van der Waals surface area contributed by atoms with Gasteiger partial charge in [0.2, 0.25) is 5.91 Å². The van der Waals surface area contributed by atoms with Crippen molar-refractivity contribution < 1.29 is 19.1 Å². The second-order valence-electron chi connectivity index (χ2n) is 7.56. The van der Waals surface area contributed by atoms with Crippen molar-refractivity contribution in [3.8, 4) is 11.5 Å². The topological polar surface area (TPSA) is 62.3 Å². The van der Waals surface area contributed by atoms with Crippen molar-refractivity contribution in [3.05, 3.63) is 22.7 Å². The van der Waals surface area contributed by atoms with E-state index >= 15 is 0 Å². The van der Waals surface area contributed by atoms with Crippen LogP contribution in [-0.4, -0.2) is 86.5 Å². The Morgan fingerprint density at radius 2 is 1.55 bits per heavy atom. The van der Waals surface area contributed by atoms with Gasteiger partial charge in [-0.3, -0.25) is 14.5 Å². The molecule has 2 saturated heterocycles. The number of amides is 2. The molecule has 29 heavy (non-hydrogen) atoms. The van der Waals surface area contributed by atoms with E-state index < -0.39 is 0 Å². The molecule has 0 radical (unpaired) electrons. The number of nitrogens with zero attached hydrogens (tertiary/aromatic N) is 3. The lowest BCUT2D eigenvalue weighted by atomic mass is 10.1. The fraction of sp³-hybridized carbons (Fsp3) is 0.619. The first-order valence-corrected chi connectivity index (χ1v) is 10.6. The number of piperazine rings is 1. The highest BCUT2D eigenvalue weighted by molar-refractivity contribution is 6.32. The molecule has 7 nitrogen and oxygen atoms in total. The normalized spacial score (nSPS) is 18.3. The van der Waals surface area contributed by atoms with E-state index in [-0.39, 0.29) is 11.8 Å². The lowest BCUT2D eigenvalue weighted by Gasteiger charge is -2.35. The maximum Gasteiger partial charge on any atom is 0.254 e. The molecule has 160 valence electrons. The molecular formula is C21H30ClN3O4. The van der Waals surface area contributed by atoms with E-state index in [1.165, 1.54) is 27.1 Å². The molecule has 2 heterocycles. The first-order valence-electron chi connectivity index (χ1n) is 10.2. The van der Waals surface area contributed by atoms with E-state index in [4.69, 9.17) is 21.1 Å². The first kappa shape index (κ1) is 21.7. The summed E-state index contributed by atoms with van der Waals surface area (Å²) < 4.78 is 10.5. The van der Waals surface area contributed by atoms with Crippen molar-refractivity contribution >= 4 is 23.4 Å². The van der Waals surface area contributed by atoms with Gasteiger partial charge < -0.3 is 19.3 Å². The molecule has 0 atom stereocenters. The number of rotatable bonds is 5. The highest BCUT2D eigenvalue weighted by Crippen LogP contribution is 2.36. The Morgan fingerprint density at radius 3 is 2.14 bits per heavy atom. The zero-order valence-electron chi connectivity index (χ0n) is 17.3. The molecule has 0 bridgehead atoms. The Balaban J connectivity index is 1.55. The van der Waals surface area contributed by atoms with Gasteiger partial charge in [-0.05, 0) is 25.0 Å². The van der Waals surface area contributed by atoms with E-state index in [9.17, 15) is 9.59 Å². The average Bonchev–Trinajstić information content (AvgIpc) is 3.03. The Labute approximate surface area is 177 Å². The van der Waals surface area contributed by atoms with Gasteiger partial charge in [-0.15, -0.1) is 0 Å². The molecule has 2 aliphatic heterocycles. The zero-order valence-corrected chi connectivity index (χ0v) is 18.0. The number of hydrogen-bond donors (Lipinski definition) is 0. The van der Waals surface area contributed by atoms with Crippen LogP contribution in [0.15, 0.2) is 12.1 Å². The number of carbonyl (C=O) groups is 2. The van der Waals surface area contributed by atoms with E-state index in [0.717, 1.165) is 25.9 Å². The van der Waals surface area contributed by atoms with Crippen LogP contribution in [0.5, 0.6) is 11.5 Å². The molecule has 8 heteroatoms. The summed E-state index contributed by atoms with van der Waals surface area (Å²) in [5.74, 6) is 0.970. The molecule has 2 fully saturated rings. The van der Waals surface area contributed by atoms with Crippen molar-refractivity contribution in [2.75, 3.05) is 60.0 Å². The summed E-state index contributed by atoms with van der Waals surface area (Å²) in [6.07, 6.45) is 4.62. The maximum absolute atomic E-state index is 12.9. The van der Waals surface area contributed by atoms with Gasteiger partial charge in [0, 0.05) is 44.8 Å². The van der Waals surface area contributed by atoms with Crippen LogP contribution in [-0.2, 0) is 4.79 Å². The maximum atomic E-state index is 12.9. The van der Waals surface area contributed by atoms with Crippen LogP contribution < -0.4 is 9.47 Å². The number of carbonyl (C=O) groups excluding carboxylic acids is 2. The third-order valence-electron chi connectivity index (χ3n) is 5.66. The van der Waals surface area contributed by atoms with E-state index in [1.54, 1.807) is 17.0 Å².